The third kappa shape index (κ3) is 6.78. The molecule has 0 bridgehead atoms. The molecule has 1 aromatic heterocycles. The van der Waals surface area contributed by atoms with Crippen molar-refractivity contribution in [1.29, 1.82) is 0 Å². The maximum atomic E-state index is 12.4. The first kappa shape index (κ1) is 27.1. The topological polar surface area (TPSA) is 89.8 Å². The summed E-state index contributed by atoms with van der Waals surface area (Å²) in [7, 11) is 1.73. The maximum absolute atomic E-state index is 12.4. The SMILES string of the molecule is COCCCn1cc(C)c2ccc(C[C@@H](C[C@H](NC(=O)O)[C@@H]3C[C@@H](C(C)C)C(=O)O3)C(C)C)cc21. The molecule has 3 rings (SSSR count). The zero-order valence-corrected chi connectivity index (χ0v) is 22.0. The zero-order chi connectivity index (χ0) is 25.7. The van der Waals surface area contributed by atoms with Crippen LogP contribution in [0.5, 0.6) is 0 Å². The molecule has 194 valence electrons. The number of nitrogens with zero attached hydrogens (tertiary/aromatic N) is 1. The summed E-state index contributed by atoms with van der Waals surface area (Å²) < 4.78 is 13.2. The molecule has 0 radical (unpaired) electrons. The number of carbonyl (C=O) groups is 2. The average Bonchev–Trinajstić information content (AvgIpc) is 3.32. The summed E-state index contributed by atoms with van der Waals surface area (Å²) >= 11 is 0. The lowest BCUT2D eigenvalue weighted by molar-refractivity contribution is -0.146. The van der Waals surface area contributed by atoms with Gasteiger partial charge in [0.05, 0.1) is 12.0 Å². The normalized spacial score (nSPS) is 19.9. The minimum atomic E-state index is -1.08. The van der Waals surface area contributed by atoms with Crippen LogP contribution >= 0.6 is 0 Å². The predicted molar refractivity (Wildman–Crippen MR) is 138 cm³/mol. The van der Waals surface area contributed by atoms with Gasteiger partial charge in [-0.05, 0) is 67.6 Å². The number of hydrogen-bond acceptors (Lipinski definition) is 4. The lowest BCUT2D eigenvalue weighted by Crippen LogP contribution is -2.44. The molecule has 35 heavy (non-hydrogen) atoms. The van der Waals surface area contributed by atoms with E-state index >= 15 is 0 Å². The van der Waals surface area contributed by atoms with Crippen molar-refractivity contribution >= 4 is 23.0 Å². The van der Waals surface area contributed by atoms with E-state index in [0.717, 1.165) is 26.0 Å². The molecule has 7 heteroatoms. The van der Waals surface area contributed by atoms with Crippen LogP contribution in [0.15, 0.2) is 24.4 Å². The molecule has 2 N–H and O–H groups in total. The molecule has 4 atom stereocenters. The van der Waals surface area contributed by atoms with E-state index in [1.165, 1.54) is 22.0 Å². The Labute approximate surface area is 209 Å². The first-order chi connectivity index (χ1) is 16.6. The van der Waals surface area contributed by atoms with E-state index in [0.29, 0.717) is 18.8 Å². The van der Waals surface area contributed by atoms with Crippen molar-refractivity contribution in [2.24, 2.45) is 23.7 Å². The Bertz CT molecular complexity index is 1010. The number of esters is 1. The third-order valence-electron chi connectivity index (χ3n) is 7.51. The van der Waals surface area contributed by atoms with Crippen molar-refractivity contribution in [3.8, 4) is 0 Å². The Hall–Kier alpha value is -2.54. The number of carbonyl (C=O) groups excluding carboxylic acids is 1. The highest BCUT2D eigenvalue weighted by atomic mass is 16.6. The molecule has 0 unspecified atom stereocenters. The molecule has 0 saturated carbocycles. The van der Waals surface area contributed by atoms with Crippen LogP contribution in [0.4, 0.5) is 4.79 Å². The number of ether oxygens (including phenoxy) is 2. The van der Waals surface area contributed by atoms with Crippen molar-refractivity contribution < 1.29 is 24.2 Å². The van der Waals surface area contributed by atoms with E-state index in [-0.39, 0.29) is 23.7 Å². The van der Waals surface area contributed by atoms with Crippen LogP contribution in [0.2, 0.25) is 0 Å². The second kappa shape index (κ2) is 11.9. The number of aromatic nitrogens is 1. The van der Waals surface area contributed by atoms with Gasteiger partial charge in [-0.15, -0.1) is 0 Å². The average molecular weight is 487 g/mol. The molecule has 0 aliphatic carbocycles. The number of benzene rings is 1. The van der Waals surface area contributed by atoms with Crippen molar-refractivity contribution in [3.05, 3.63) is 35.5 Å². The smallest absolute Gasteiger partial charge is 0.405 e. The van der Waals surface area contributed by atoms with Gasteiger partial charge in [0.25, 0.3) is 0 Å². The molecule has 1 aliphatic rings. The predicted octanol–water partition coefficient (Wildman–Crippen LogP) is 5.41. The molecule has 0 spiro atoms. The Morgan fingerprint density at radius 3 is 2.63 bits per heavy atom. The Kier molecular flexibility index (Phi) is 9.22. The lowest BCUT2D eigenvalue weighted by Gasteiger charge is -2.29. The summed E-state index contributed by atoms with van der Waals surface area (Å²) in [6.45, 7) is 12.1. The van der Waals surface area contributed by atoms with Crippen LogP contribution in [-0.4, -0.2) is 47.6 Å². The largest absolute Gasteiger partial charge is 0.465 e. The standard InChI is InChI=1S/C28H42N2O5/c1-17(2)21(14-24(29-28(32)33)26-15-23(18(3)4)27(31)35-26)12-20-8-9-22-19(5)16-30(25(22)13-20)10-7-11-34-6/h8-9,13,16-18,21,23-24,26,29H,7,10-12,14-15H2,1-6H3,(H,32,33)/t21-,23-,24-,26-/m0/s1. The van der Waals surface area contributed by atoms with Crippen molar-refractivity contribution in [2.45, 2.75) is 79.0 Å². The van der Waals surface area contributed by atoms with Gasteiger partial charge in [0.15, 0.2) is 0 Å². The first-order valence-corrected chi connectivity index (χ1v) is 12.9. The number of hydrogen-bond donors (Lipinski definition) is 2. The summed E-state index contributed by atoms with van der Waals surface area (Å²) in [5.74, 6) is 0.371. The molecule has 1 fully saturated rings. The van der Waals surface area contributed by atoms with Crippen LogP contribution < -0.4 is 5.32 Å². The van der Waals surface area contributed by atoms with E-state index in [4.69, 9.17) is 9.47 Å². The van der Waals surface area contributed by atoms with Gasteiger partial charge in [-0.25, -0.2) is 4.79 Å². The fourth-order valence-corrected chi connectivity index (χ4v) is 5.32. The summed E-state index contributed by atoms with van der Waals surface area (Å²) in [5.41, 5.74) is 3.72. The summed E-state index contributed by atoms with van der Waals surface area (Å²) in [5, 5.41) is 13.4. The van der Waals surface area contributed by atoms with E-state index in [9.17, 15) is 14.7 Å². The van der Waals surface area contributed by atoms with Crippen LogP contribution in [0.1, 0.15) is 58.1 Å². The van der Waals surface area contributed by atoms with E-state index < -0.39 is 18.2 Å². The number of nitrogens with one attached hydrogen (secondary N) is 1. The van der Waals surface area contributed by atoms with Crippen LogP contribution in [0.3, 0.4) is 0 Å². The Morgan fingerprint density at radius 2 is 2.03 bits per heavy atom. The highest BCUT2D eigenvalue weighted by Gasteiger charge is 2.41. The van der Waals surface area contributed by atoms with Gasteiger partial charge in [-0.3, -0.25) is 4.79 Å². The summed E-state index contributed by atoms with van der Waals surface area (Å²) in [4.78, 5) is 24.0. The lowest BCUT2D eigenvalue weighted by atomic mass is 9.81. The number of carboxylic acid groups (broad SMARTS) is 1. The van der Waals surface area contributed by atoms with Crippen molar-refractivity contribution in [2.75, 3.05) is 13.7 Å². The molecular weight excluding hydrogens is 444 g/mol. The van der Waals surface area contributed by atoms with Crippen LogP contribution in [0.25, 0.3) is 10.9 Å². The van der Waals surface area contributed by atoms with Crippen molar-refractivity contribution in [1.82, 2.24) is 9.88 Å². The number of aryl methyl sites for hydroxylation is 2. The Balaban J connectivity index is 1.80. The number of fused-ring (bicyclic) bond motifs is 1. The number of methoxy groups -OCH3 is 1. The number of cyclic esters (lactones) is 1. The maximum Gasteiger partial charge on any atom is 0.405 e. The second-order valence-corrected chi connectivity index (χ2v) is 10.8. The van der Waals surface area contributed by atoms with E-state index in [2.05, 4.69) is 55.1 Å². The van der Waals surface area contributed by atoms with Gasteiger partial charge in [-0.1, -0.05) is 39.8 Å². The fourth-order valence-electron chi connectivity index (χ4n) is 5.32. The molecule has 2 aromatic rings. The zero-order valence-electron chi connectivity index (χ0n) is 22.0. The molecule has 2 heterocycles. The summed E-state index contributed by atoms with van der Waals surface area (Å²) in [6.07, 6.45) is 3.69. The van der Waals surface area contributed by atoms with Gasteiger partial charge >= 0.3 is 12.1 Å². The molecule has 7 nitrogen and oxygen atoms in total. The molecule has 1 saturated heterocycles. The summed E-state index contributed by atoms with van der Waals surface area (Å²) in [6, 6.07) is 6.24. The number of amides is 1. The molecule has 1 amide bonds. The van der Waals surface area contributed by atoms with Crippen LogP contribution in [0, 0.1) is 30.6 Å². The minimum Gasteiger partial charge on any atom is -0.465 e. The highest BCUT2D eigenvalue weighted by molar-refractivity contribution is 5.84. The molecule has 1 aromatic carbocycles. The van der Waals surface area contributed by atoms with Gasteiger partial charge in [0.2, 0.25) is 0 Å². The Morgan fingerprint density at radius 1 is 1.29 bits per heavy atom. The quantitative estimate of drug-likeness (QED) is 0.309. The van der Waals surface area contributed by atoms with E-state index in [1.807, 2.05) is 13.8 Å². The number of rotatable bonds is 12. The monoisotopic (exact) mass is 486 g/mol. The van der Waals surface area contributed by atoms with Crippen molar-refractivity contribution in [3.63, 3.8) is 0 Å². The third-order valence-corrected chi connectivity index (χ3v) is 7.51. The van der Waals surface area contributed by atoms with Gasteiger partial charge in [0, 0.05) is 37.4 Å². The first-order valence-electron chi connectivity index (χ1n) is 12.9. The second-order valence-electron chi connectivity index (χ2n) is 10.8. The molecule has 1 aliphatic heterocycles. The van der Waals surface area contributed by atoms with Crippen LogP contribution in [-0.2, 0) is 27.2 Å². The van der Waals surface area contributed by atoms with Gasteiger partial charge < -0.3 is 24.5 Å². The van der Waals surface area contributed by atoms with Gasteiger partial charge in [0.1, 0.15) is 6.10 Å². The van der Waals surface area contributed by atoms with E-state index in [1.54, 1.807) is 7.11 Å². The molecular formula is C28H42N2O5. The van der Waals surface area contributed by atoms with Gasteiger partial charge in [-0.2, -0.15) is 0 Å². The fraction of sp³-hybridized carbons (Fsp3) is 0.643. The minimum absolute atomic E-state index is 0.174. The highest BCUT2D eigenvalue weighted by Crippen LogP contribution is 2.33.